The summed E-state index contributed by atoms with van der Waals surface area (Å²) in [6.07, 6.45) is 1.55. The third-order valence-electron chi connectivity index (χ3n) is 2.23. The van der Waals surface area contributed by atoms with Crippen LogP contribution in [0.2, 0.25) is 0 Å². The van der Waals surface area contributed by atoms with Gasteiger partial charge < -0.3 is 4.57 Å². The van der Waals surface area contributed by atoms with Crippen molar-refractivity contribution < 1.29 is 4.92 Å². The summed E-state index contributed by atoms with van der Waals surface area (Å²) in [6, 6.07) is 1.62. The predicted octanol–water partition coefficient (Wildman–Crippen LogP) is 1.59. The highest BCUT2D eigenvalue weighted by Gasteiger charge is 2.28. The standard InChI is InChI=1S/C10H14N2O3/c1-10(2,3)7-5-6-11(4)9(13)8(7)12(14)15/h5-6H,1-4H3. The van der Waals surface area contributed by atoms with E-state index in [4.69, 9.17) is 0 Å². The van der Waals surface area contributed by atoms with Crippen LogP contribution in [0, 0.1) is 10.1 Å². The smallest absolute Gasteiger partial charge is 0.313 e. The summed E-state index contributed by atoms with van der Waals surface area (Å²) in [7, 11) is 1.50. The fourth-order valence-corrected chi connectivity index (χ4v) is 1.40. The first-order valence-electron chi connectivity index (χ1n) is 4.59. The van der Waals surface area contributed by atoms with Gasteiger partial charge in [0.1, 0.15) is 0 Å². The summed E-state index contributed by atoms with van der Waals surface area (Å²) in [4.78, 5) is 21.8. The minimum atomic E-state index is -0.608. The number of aryl methyl sites for hydroxylation is 1. The van der Waals surface area contributed by atoms with Crippen molar-refractivity contribution in [2.45, 2.75) is 26.2 Å². The minimum Gasteiger partial charge on any atom is -0.313 e. The van der Waals surface area contributed by atoms with Crippen LogP contribution in [0.3, 0.4) is 0 Å². The van der Waals surface area contributed by atoms with Crippen LogP contribution < -0.4 is 5.56 Å². The molecule has 1 aromatic rings. The number of nitrogens with zero attached hydrogens (tertiary/aromatic N) is 2. The van der Waals surface area contributed by atoms with Crippen LogP contribution in [0.15, 0.2) is 17.1 Å². The zero-order chi connectivity index (χ0) is 11.8. The largest absolute Gasteiger partial charge is 0.337 e. The summed E-state index contributed by atoms with van der Waals surface area (Å²) in [5.74, 6) is 0. The monoisotopic (exact) mass is 210 g/mol. The maximum atomic E-state index is 11.6. The number of rotatable bonds is 1. The van der Waals surface area contributed by atoms with Gasteiger partial charge >= 0.3 is 11.2 Å². The molecule has 0 atom stereocenters. The fourth-order valence-electron chi connectivity index (χ4n) is 1.40. The lowest BCUT2D eigenvalue weighted by molar-refractivity contribution is -0.387. The Kier molecular flexibility index (Phi) is 2.66. The first kappa shape index (κ1) is 11.4. The molecule has 82 valence electrons. The molecule has 0 bridgehead atoms. The molecular formula is C10H14N2O3. The predicted molar refractivity (Wildman–Crippen MR) is 57.0 cm³/mol. The van der Waals surface area contributed by atoms with E-state index in [0.29, 0.717) is 5.56 Å². The normalized spacial score (nSPS) is 11.5. The zero-order valence-corrected chi connectivity index (χ0v) is 9.27. The minimum absolute atomic E-state index is 0.326. The lowest BCUT2D eigenvalue weighted by Gasteiger charge is -2.18. The molecule has 5 heteroatoms. The van der Waals surface area contributed by atoms with Crippen molar-refractivity contribution in [2.75, 3.05) is 0 Å². The third-order valence-corrected chi connectivity index (χ3v) is 2.23. The van der Waals surface area contributed by atoms with Crippen LogP contribution in [-0.4, -0.2) is 9.49 Å². The molecule has 0 aromatic carbocycles. The molecule has 15 heavy (non-hydrogen) atoms. The maximum Gasteiger partial charge on any atom is 0.337 e. The molecular weight excluding hydrogens is 196 g/mol. The summed E-state index contributed by atoms with van der Waals surface area (Å²) in [5, 5.41) is 10.8. The van der Waals surface area contributed by atoms with E-state index in [9.17, 15) is 14.9 Å². The van der Waals surface area contributed by atoms with E-state index in [2.05, 4.69) is 0 Å². The Morgan fingerprint density at radius 2 is 1.93 bits per heavy atom. The molecule has 0 aliphatic carbocycles. The first-order valence-corrected chi connectivity index (χ1v) is 4.59. The Balaban J connectivity index is 3.63. The fraction of sp³-hybridized carbons (Fsp3) is 0.500. The summed E-state index contributed by atoms with van der Waals surface area (Å²) >= 11 is 0. The number of aromatic nitrogens is 1. The Morgan fingerprint density at radius 3 is 2.33 bits per heavy atom. The van der Waals surface area contributed by atoms with Crippen molar-refractivity contribution in [3.05, 3.63) is 38.3 Å². The average Bonchev–Trinajstić information content (AvgIpc) is 2.06. The lowest BCUT2D eigenvalue weighted by Crippen LogP contribution is -2.25. The van der Waals surface area contributed by atoms with Gasteiger partial charge in [0.05, 0.1) is 4.92 Å². The second kappa shape index (κ2) is 3.49. The van der Waals surface area contributed by atoms with Gasteiger partial charge in [-0.05, 0) is 11.5 Å². The van der Waals surface area contributed by atoms with Gasteiger partial charge in [0.25, 0.3) is 0 Å². The van der Waals surface area contributed by atoms with Crippen molar-refractivity contribution in [1.29, 1.82) is 0 Å². The number of hydrogen-bond donors (Lipinski definition) is 0. The topological polar surface area (TPSA) is 65.1 Å². The SMILES string of the molecule is Cn1ccc(C(C)(C)C)c([N+](=O)[O-])c1=O. The summed E-state index contributed by atoms with van der Waals surface area (Å²) in [5.41, 5.74) is -0.828. The molecule has 1 heterocycles. The summed E-state index contributed by atoms with van der Waals surface area (Å²) < 4.78 is 1.22. The second-order valence-electron chi connectivity index (χ2n) is 4.50. The van der Waals surface area contributed by atoms with Gasteiger partial charge in [-0.15, -0.1) is 0 Å². The van der Waals surface area contributed by atoms with E-state index in [1.807, 2.05) is 20.8 Å². The highest BCUT2D eigenvalue weighted by atomic mass is 16.6. The Morgan fingerprint density at radius 1 is 1.40 bits per heavy atom. The van der Waals surface area contributed by atoms with Crippen molar-refractivity contribution in [3.8, 4) is 0 Å². The van der Waals surface area contributed by atoms with Crippen LogP contribution in [0.5, 0.6) is 0 Å². The molecule has 5 nitrogen and oxygen atoms in total. The third kappa shape index (κ3) is 2.06. The molecule has 1 aromatic heterocycles. The van der Waals surface area contributed by atoms with Crippen LogP contribution in [0.1, 0.15) is 26.3 Å². The number of nitro groups is 1. The number of hydrogen-bond acceptors (Lipinski definition) is 3. The molecule has 0 spiro atoms. The zero-order valence-electron chi connectivity index (χ0n) is 9.27. The van der Waals surface area contributed by atoms with E-state index in [-0.39, 0.29) is 5.69 Å². The molecule has 0 radical (unpaired) electrons. The van der Waals surface area contributed by atoms with Crippen molar-refractivity contribution in [3.63, 3.8) is 0 Å². The molecule has 0 fully saturated rings. The van der Waals surface area contributed by atoms with Gasteiger partial charge in [-0.25, -0.2) is 0 Å². The van der Waals surface area contributed by atoms with Crippen molar-refractivity contribution in [1.82, 2.24) is 4.57 Å². The molecule has 0 aliphatic rings. The molecule has 0 aliphatic heterocycles. The van der Waals surface area contributed by atoms with Gasteiger partial charge in [0, 0.05) is 18.8 Å². The highest BCUT2D eigenvalue weighted by Crippen LogP contribution is 2.27. The van der Waals surface area contributed by atoms with Crippen LogP contribution in [0.25, 0.3) is 0 Å². The Hall–Kier alpha value is -1.65. The molecule has 0 saturated heterocycles. The van der Waals surface area contributed by atoms with Crippen LogP contribution in [0.4, 0.5) is 5.69 Å². The van der Waals surface area contributed by atoms with Gasteiger partial charge in [0.2, 0.25) is 0 Å². The van der Waals surface area contributed by atoms with Gasteiger partial charge in [-0.2, -0.15) is 0 Å². The molecule has 0 saturated carbocycles. The molecule has 0 unspecified atom stereocenters. The molecule has 0 N–H and O–H groups in total. The average molecular weight is 210 g/mol. The second-order valence-corrected chi connectivity index (χ2v) is 4.50. The highest BCUT2D eigenvalue weighted by molar-refractivity contribution is 5.41. The van der Waals surface area contributed by atoms with Crippen molar-refractivity contribution >= 4 is 5.69 Å². The van der Waals surface area contributed by atoms with Crippen molar-refractivity contribution in [2.24, 2.45) is 7.05 Å². The lowest BCUT2D eigenvalue weighted by atomic mass is 9.86. The van der Waals surface area contributed by atoms with Gasteiger partial charge in [0.15, 0.2) is 0 Å². The quantitative estimate of drug-likeness (QED) is 0.522. The van der Waals surface area contributed by atoms with Crippen LogP contribution in [-0.2, 0) is 12.5 Å². The molecule has 1 rings (SSSR count). The van der Waals surface area contributed by atoms with Crippen LogP contribution >= 0.6 is 0 Å². The number of pyridine rings is 1. The van der Waals surface area contributed by atoms with E-state index >= 15 is 0 Å². The van der Waals surface area contributed by atoms with E-state index in [1.54, 1.807) is 12.3 Å². The molecule has 0 amide bonds. The summed E-state index contributed by atoms with van der Waals surface area (Å²) in [6.45, 7) is 5.53. The maximum absolute atomic E-state index is 11.6. The van der Waals surface area contributed by atoms with Gasteiger partial charge in [-0.1, -0.05) is 20.8 Å². The van der Waals surface area contributed by atoms with E-state index < -0.39 is 15.9 Å². The Bertz CT molecular complexity index is 455. The van der Waals surface area contributed by atoms with E-state index in [0.717, 1.165) is 0 Å². The van der Waals surface area contributed by atoms with E-state index in [1.165, 1.54) is 11.6 Å². The first-order chi connectivity index (χ1) is 6.75. The van der Waals surface area contributed by atoms with Gasteiger partial charge in [-0.3, -0.25) is 14.9 Å². The Labute approximate surface area is 87.5 Å².